The molecule has 2 aromatic heterocycles. The highest BCUT2D eigenvalue weighted by Gasteiger charge is 2.34. The van der Waals surface area contributed by atoms with Gasteiger partial charge in [0.1, 0.15) is 11.5 Å². The summed E-state index contributed by atoms with van der Waals surface area (Å²) in [4.78, 5) is 47.8. The van der Waals surface area contributed by atoms with Crippen LogP contribution >= 0.6 is 0 Å². The third-order valence-corrected chi connectivity index (χ3v) is 6.29. The summed E-state index contributed by atoms with van der Waals surface area (Å²) in [6.07, 6.45) is 4.33. The monoisotopic (exact) mass is 487 g/mol. The first kappa shape index (κ1) is 24.6. The summed E-state index contributed by atoms with van der Waals surface area (Å²) >= 11 is 0. The number of nitrogens with one attached hydrogen (secondary N) is 1. The van der Waals surface area contributed by atoms with E-state index in [0.717, 1.165) is 16.7 Å². The molecule has 0 spiro atoms. The number of benzene rings is 1. The summed E-state index contributed by atoms with van der Waals surface area (Å²) in [6, 6.07) is 9.95. The number of carbonyl (C=O) groups is 3. The quantitative estimate of drug-likeness (QED) is 0.344. The van der Waals surface area contributed by atoms with Gasteiger partial charge in [0, 0.05) is 23.9 Å². The number of anilines is 1. The number of nitrogen functional groups attached to an aromatic ring is 1. The lowest BCUT2D eigenvalue weighted by Gasteiger charge is -2.22. The number of rotatable bonds is 7. The van der Waals surface area contributed by atoms with Crippen LogP contribution in [0.5, 0.6) is 0 Å². The molecule has 0 bridgehead atoms. The van der Waals surface area contributed by atoms with Gasteiger partial charge >= 0.3 is 0 Å². The van der Waals surface area contributed by atoms with Crippen molar-refractivity contribution >= 4 is 23.5 Å². The van der Waals surface area contributed by atoms with Crippen molar-refractivity contribution in [3.8, 4) is 11.3 Å². The number of aromatic nitrogens is 3. The molecule has 1 saturated heterocycles. The van der Waals surface area contributed by atoms with Crippen molar-refractivity contribution in [1.82, 2.24) is 19.5 Å². The van der Waals surface area contributed by atoms with Gasteiger partial charge in [-0.05, 0) is 54.7 Å². The van der Waals surface area contributed by atoms with Crippen LogP contribution in [-0.4, -0.2) is 43.8 Å². The topological polar surface area (TPSA) is 149 Å². The van der Waals surface area contributed by atoms with Gasteiger partial charge in [-0.3, -0.25) is 14.4 Å². The van der Waals surface area contributed by atoms with Crippen molar-refractivity contribution in [2.75, 3.05) is 17.7 Å². The molecule has 4 rings (SSSR count). The molecule has 3 amide bonds. The van der Waals surface area contributed by atoms with E-state index in [1.165, 1.54) is 6.08 Å². The molecule has 1 aliphatic rings. The zero-order chi connectivity index (χ0) is 26.0. The number of pyridine rings is 1. The van der Waals surface area contributed by atoms with E-state index in [1.807, 2.05) is 12.1 Å². The van der Waals surface area contributed by atoms with Gasteiger partial charge in [-0.15, -0.1) is 0 Å². The van der Waals surface area contributed by atoms with E-state index in [-0.39, 0.29) is 23.2 Å². The van der Waals surface area contributed by atoms with Gasteiger partial charge in [0.25, 0.3) is 11.8 Å². The molecular weight excluding hydrogens is 458 g/mol. The zero-order valence-electron chi connectivity index (χ0n) is 20.3. The first-order valence-corrected chi connectivity index (χ1v) is 11.7. The normalized spacial score (nSPS) is 15.2. The largest absolute Gasteiger partial charge is 0.364 e. The Morgan fingerprint density at radius 2 is 1.92 bits per heavy atom. The van der Waals surface area contributed by atoms with Gasteiger partial charge < -0.3 is 21.8 Å². The van der Waals surface area contributed by atoms with E-state index < -0.39 is 11.9 Å². The number of amides is 3. The van der Waals surface area contributed by atoms with Gasteiger partial charge in [-0.25, -0.2) is 14.6 Å². The number of imidazole rings is 1. The van der Waals surface area contributed by atoms with E-state index >= 15 is 0 Å². The maximum atomic E-state index is 12.8. The van der Waals surface area contributed by atoms with E-state index in [9.17, 15) is 14.4 Å². The van der Waals surface area contributed by atoms with Crippen LogP contribution in [0.15, 0.2) is 55.3 Å². The lowest BCUT2D eigenvalue weighted by atomic mass is 10.0. The molecule has 1 atom stereocenters. The minimum atomic E-state index is -0.747. The van der Waals surface area contributed by atoms with E-state index in [1.54, 1.807) is 35.4 Å². The molecule has 0 radical (unpaired) electrons. The lowest BCUT2D eigenvalue weighted by molar-refractivity contribution is -0.127. The Bertz CT molecular complexity index is 1330. The number of likely N-dealkylation sites (tertiary alicyclic amines) is 1. The van der Waals surface area contributed by atoms with Crippen LogP contribution in [0.1, 0.15) is 70.9 Å². The Labute approximate surface area is 209 Å². The Morgan fingerprint density at radius 3 is 2.56 bits per heavy atom. The minimum Gasteiger partial charge on any atom is -0.364 e. The van der Waals surface area contributed by atoms with E-state index in [2.05, 4.69) is 35.7 Å². The number of primary amides is 1. The third-order valence-electron chi connectivity index (χ3n) is 6.29. The highest BCUT2D eigenvalue weighted by Crippen LogP contribution is 2.34. The number of hydrogen-bond donors (Lipinski definition) is 3. The van der Waals surface area contributed by atoms with Crippen LogP contribution in [0.2, 0.25) is 0 Å². The molecule has 1 fully saturated rings. The summed E-state index contributed by atoms with van der Waals surface area (Å²) in [7, 11) is 0. The molecule has 10 heteroatoms. The van der Waals surface area contributed by atoms with Crippen molar-refractivity contribution in [3.05, 3.63) is 77.9 Å². The average molecular weight is 488 g/mol. The van der Waals surface area contributed by atoms with Gasteiger partial charge in [0.2, 0.25) is 5.91 Å². The molecule has 0 aliphatic carbocycles. The fourth-order valence-corrected chi connectivity index (χ4v) is 4.38. The number of nitrogens with zero attached hydrogens (tertiary/aromatic N) is 4. The SMILES string of the molecule is C=CC(=O)N1CCCC1c1nc(-c2ccc(C(=O)Nc3cc(C(C)C)ccn3)cc2)c(C(N)=O)n1N. The van der Waals surface area contributed by atoms with Crippen LogP contribution in [0.4, 0.5) is 5.82 Å². The van der Waals surface area contributed by atoms with E-state index in [0.29, 0.717) is 41.7 Å². The molecule has 186 valence electrons. The fourth-order valence-electron chi connectivity index (χ4n) is 4.38. The molecule has 1 aromatic carbocycles. The average Bonchev–Trinajstić information content (AvgIpc) is 3.48. The van der Waals surface area contributed by atoms with Crippen LogP contribution < -0.4 is 16.9 Å². The Kier molecular flexibility index (Phi) is 6.86. The maximum absolute atomic E-state index is 12.8. The predicted octanol–water partition coefficient (Wildman–Crippen LogP) is 2.98. The molecule has 36 heavy (non-hydrogen) atoms. The maximum Gasteiger partial charge on any atom is 0.269 e. The summed E-state index contributed by atoms with van der Waals surface area (Å²) in [6.45, 7) is 8.23. The summed E-state index contributed by atoms with van der Waals surface area (Å²) < 4.78 is 1.16. The molecular formula is C26H29N7O3. The third kappa shape index (κ3) is 4.70. The first-order chi connectivity index (χ1) is 17.2. The fraction of sp³-hybridized carbons (Fsp3) is 0.269. The Morgan fingerprint density at radius 1 is 1.19 bits per heavy atom. The van der Waals surface area contributed by atoms with Crippen LogP contribution in [0, 0.1) is 0 Å². The molecule has 10 nitrogen and oxygen atoms in total. The van der Waals surface area contributed by atoms with Gasteiger partial charge in [-0.1, -0.05) is 32.6 Å². The van der Waals surface area contributed by atoms with Gasteiger partial charge in [0.15, 0.2) is 11.5 Å². The van der Waals surface area contributed by atoms with E-state index in [4.69, 9.17) is 11.6 Å². The molecule has 1 unspecified atom stereocenters. The van der Waals surface area contributed by atoms with Crippen molar-refractivity contribution in [3.63, 3.8) is 0 Å². The Balaban J connectivity index is 1.62. The van der Waals surface area contributed by atoms with Crippen molar-refractivity contribution in [2.24, 2.45) is 5.73 Å². The van der Waals surface area contributed by atoms with Crippen LogP contribution in [-0.2, 0) is 4.79 Å². The highest BCUT2D eigenvalue weighted by molar-refractivity contribution is 6.04. The van der Waals surface area contributed by atoms with Crippen molar-refractivity contribution in [2.45, 2.75) is 38.6 Å². The highest BCUT2D eigenvalue weighted by atomic mass is 16.2. The zero-order valence-corrected chi connectivity index (χ0v) is 20.3. The molecule has 3 heterocycles. The van der Waals surface area contributed by atoms with Gasteiger partial charge in [-0.2, -0.15) is 0 Å². The Hall–Kier alpha value is -4.47. The minimum absolute atomic E-state index is 0.0230. The smallest absolute Gasteiger partial charge is 0.269 e. The molecule has 5 N–H and O–H groups in total. The van der Waals surface area contributed by atoms with Crippen LogP contribution in [0.25, 0.3) is 11.3 Å². The second-order valence-electron chi connectivity index (χ2n) is 8.96. The number of hydrogen-bond acceptors (Lipinski definition) is 6. The summed E-state index contributed by atoms with van der Waals surface area (Å²) in [5.74, 6) is 6.08. The second kappa shape index (κ2) is 10.0. The summed E-state index contributed by atoms with van der Waals surface area (Å²) in [5.41, 5.74) is 7.98. The standard InChI is InChI=1S/C26H29N7O3/c1-4-21(34)32-13-5-6-19(32)25-31-22(23(24(27)35)33(25)28)16-7-9-17(10-8-16)26(36)30-20-14-18(15(2)3)11-12-29-20/h4,7-12,14-15,19H,1,5-6,13,28H2,2-3H3,(H2,27,35)(H,29,30,36). The van der Waals surface area contributed by atoms with Gasteiger partial charge in [0.05, 0.1) is 6.04 Å². The number of nitrogens with two attached hydrogens (primary N) is 2. The predicted molar refractivity (Wildman–Crippen MR) is 136 cm³/mol. The van der Waals surface area contributed by atoms with Crippen molar-refractivity contribution in [1.29, 1.82) is 0 Å². The molecule has 3 aromatic rings. The second-order valence-corrected chi connectivity index (χ2v) is 8.96. The molecule has 1 aliphatic heterocycles. The van der Waals surface area contributed by atoms with Crippen molar-refractivity contribution < 1.29 is 14.4 Å². The number of carbonyl (C=O) groups excluding carboxylic acids is 3. The first-order valence-electron chi connectivity index (χ1n) is 11.7. The van der Waals surface area contributed by atoms with Crippen LogP contribution in [0.3, 0.4) is 0 Å². The summed E-state index contributed by atoms with van der Waals surface area (Å²) in [5, 5.41) is 2.80. The lowest BCUT2D eigenvalue weighted by Crippen LogP contribution is -2.32. The molecule has 0 saturated carbocycles.